The third-order valence-corrected chi connectivity index (χ3v) is 5.23. The van der Waals surface area contributed by atoms with Crippen molar-refractivity contribution in [2.24, 2.45) is 0 Å². The molecule has 0 fully saturated rings. The number of sulfonamides is 1. The zero-order chi connectivity index (χ0) is 18.8. The summed E-state index contributed by atoms with van der Waals surface area (Å²) in [4.78, 5) is 0.233. The summed E-state index contributed by atoms with van der Waals surface area (Å²) in [6, 6.07) is 7.41. The molecule has 0 aliphatic carbocycles. The Kier molecular flexibility index (Phi) is 5.58. The molecule has 0 bridgehead atoms. The Morgan fingerprint density at radius 3 is 2.52 bits per heavy atom. The van der Waals surface area contributed by atoms with Crippen LogP contribution in [0.2, 0.25) is 0 Å². The van der Waals surface area contributed by atoms with Gasteiger partial charge in [0.15, 0.2) is 0 Å². The van der Waals surface area contributed by atoms with Crippen LogP contribution in [0.25, 0.3) is 0 Å². The molecule has 0 atom stereocenters. The van der Waals surface area contributed by atoms with Crippen LogP contribution < -0.4 is 9.46 Å². The molecule has 2 rings (SSSR count). The van der Waals surface area contributed by atoms with Gasteiger partial charge in [0, 0.05) is 24.2 Å². The number of hydrogen-bond donors (Lipinski definition) is 1. The molecule has 0 radical (unpaired) electrons. The van der Waals surface area contributed by atoms with Crippen LogP contribution in [0.3, 0.4) is 0 Å². The van der Waals surface area contributed by atoms with Crippen molar-refractivity contribution in [2.75, 3.05) is 7.11 Å². The molecule has 1 heterocycles. The minimum Gasteiger partial charge on any atom is -0.497 e. The zero-order valence-electron chi connectivity index (χ0n) is 15.7. The van der Waals surface area contributed by atoms with Gasteiger partial charge in [-0.25, -0.2) is 13.1 Å². The van der Waals surface area contributed by atoms with Crippen molar-refractivity contribution in [3.63, 3.8) is 0 Å². The van der Waals surface area contributed by atoms with Crippen LogP contribution in [0.4, 0.5) is 0 Å². The second kappa shape index (κ2) is 7.17. The van der Waals surface area contributed by atoms with Gasteiger partial charge in [0.2, 0.25) is 10.0 Å². The third-order valence-electron chi connectivity index (χ3n) is 3.83. The van der Waals surface area contributed by atoms with Gasteiger partial charge in [0.05, 0.1) is 12.8 Å². The normalized spacial score (nSPS) is 12.6. The predicted molar refractivity (Wildman–Crippen MR) is 98.3 cm³/mol. The predicted octanol–water partition coefficient (Wildman–Crippen LogP) is 3.25. The van der Waals surface area contributed by atoms with E-state index in [1.54, 1.807) is 18.0 Å². The molecule has 1 N–H and O–H groups in total. The number of benzene rings is 1. The minimum absolute atomic E-state index is 0.0865. The van der Waals surface area contributed by atoms with E-state index in [9.17, 15) is 8.42 Å². The molecule has 25 heavy (non-hydrogen) atoms. The molecule has 1 aromatic carbocycles. The average molecular weight is 365 g/mol. The van der Waals surface area contributed by atoms with Crippen molar-refractivity contribution in [1.82, 2.24) is 14.5 Å². The Hall–Kier alpha value is -1.86. The average Bonchev–Trinajstić information content (AvgIpc) is 3.00. The SMILES string of the molecule is COc1cccc(CNS(=O)(=O)c2cn(C(C)C)nc2C(C)(C)C)c1. The fourth-order valence-corrected chi connectivity index (χ4v) is 3.75. The van der Waals surface area contributed by atoms with Crippen molar-refractivity contribution in [3.05, 3.63) is 41.7 Å². The van der Waals surface area contributed by atoms with E-state index < -0.39 is 10.0 Å². The third kappa shape index (κ3) is 4.61. The van der Waals surface area contributed by atoms with Gasteiger partial charge < -0.3 is 4.74 Å². The highest BCUT2D eigenvalue weighted by atomic mass is 32.2. The van der Waals surface area contributed by atoms with Gasteiger partial charge >= 0.3 is 0 Å². The van der Waals surface area contributed by atoms with Gasteiger partial charge in [-0.05, 0) is 31.5 Å². The monoisotopic (exact) mass is 365 g/mol. The molecule has 138 valence electrons. The van der Waals surface area contributed by atoms with Crippen LogP contribution in [0.15, 0.2) is 35.4 Å². The Balaban J connectivity index is 2.32. The number of nitrogens with one attached hydrogen (secondary N) is 1. The summed E-state index contributed by atoms with van der Waals surface area (Å²) in [7, 11) is -2.10. The van der Waals surface area contributed by atoms with Crippen molar-refractivity contribution < 1.29 is 13.2 Å². The van der Waals surface area contributed by atoms with Gasteiger partial charge in [-0.1, -0.05) is 32.9 Å². The summed E-state index contributed by atoms with van der Waals surface area (Å²) in [5.41, 5.74) is 1.02. The van der Waals surface area contributed by atoms with Gasteiger partial charge in [-0.2, -0.15) is 5.10 Å². The lowest BCUT2D eigenvalue weighted by Crippen LogP contribution is -2.26. The Morgan fingerprint density at radius 2 is 1.96 bits per heavy atom. The number of hydrogen-bond acceptors (Lipinski definition) is 4. The quantitative estimate of drug-likeness (QED) is 0.853. The first kappa shape index (κ1) is 19.5. The van der Waals surface area contributed by atoms with Crippen molar-refractivity contribution in [2.45, 2.75) is 57.5 Å². The van der Waals surface area contributed by atoms with E-state index in [0.29, 0.717) is 11.4 Å². The molecule has 6 nitrogen and oxygen atoms in total. The molecule has 0 saturated heterocycles. The van der Waals surface area contributed by atoms with Gasteiger partial charge in [0.1, 0.15) is 10.6 Å². The summed E-state index contributed by atoms with van der Waals surface area (Å²) in [5.74, 6) is 0.694. The molecule has 2 aromatic rings. The second-order valence-electron chi connectivity index (χ2n) is 7.34. The molecule has 0 aliphatic rings. The molecule has 0 unspecified atom stereocenters. The highest BCUT2D eigenvalue weighted by molar-refractivity contribution is 7.89. The number of aromatic nitrogens is 2. The van der Waals surface area contributed by atoms with Gasteiger partial charge in [-0.15, -0.1) is 0 Å². The molecule has 7 heteroatoms. The first-order valence-corrected chi connectivity index (χ1v) is 9.75. The highest BCUT2D eigenvalue weighted by Crippen LogP contribution is 2.28. The molecular formula is C18H27N3O3S. The fraction of sp³-hybridized carbons (Fsp3) is 0.500. The van der Waals surface area contributed by atoms with Crippen LogP contribution in [0.5, 0.6) is 5.75 Å². The van der Waals surface area contributed by atoms with Crippen LogP contribution in [-0.4, -0.2) is 25.3 Å². The number of rotatable bonds is 6. The molecule has 0 saturated carbocycles. The Labute approximate surface area is 150 Å². The van der Waals surface area contributed by atoms with E-state index in [-0.39, 0.29) is 22.9 Å². The summed E-state index contributed by atoms with van der Waals surface area (Å²) < 4.78 is 35.3. The van der Waals surface area contributed by atoms with Crippen LogP contribution in [-0.2, 0) is 22.0 Å². The highest BCUT2D eigenvalue weighted by Gasteiger charge is 2.30. The van der Waals surface area contributed by atoms with Crippen LogP contribution in [0, 0.1) is 0 Å². The van der Waals surface area contributed by atoms with Crippen molar-refractivity contribution in [3.8, 4) is 5.75 Å². The van der Waals surface area contributed by atoms with Crippen molar-refractivity contribution in [1.29, 1.82) is 0 Å². The molecule has 1 aromatic heterocycles. The van der Waals surface area contributed by atoms with E-state index >= 15 is 0 Å². The maximum Gasteiger partial charge on any atom is 0.244 e. The number of ether oxygens (including phenoxy) is 1. The number of methoxy groups -OCH3 is 1. The van der Waals surface area contributed by atoms with E-state index in [0.717, 1.165) is 5.56 Å². The van der Waals surface area contributed by atoms with Crippen molar-refractivity contribution >= 4 is 10.0 Å². The van der Waals surface area contributed by atoms with Gasteiger partial charge in [0.25, 0.3) is 0 Å². The largest absolute Gasteiger partial charge is 0.497 e. The first-order valence-electron chi connectivity index (χ1n) is 8.27. The lowest BCUT2D eigenvalue weighted by molar-refractivity contribution is 0.414. The lowest BCUT2D eigenvalue weighted by Gasteiger charge is -2.17. The molecule has 0 amide bonds. The van der Waals surface area contributed by atoms with E-state index in [1.807, 2.05) is 58.9 Å². The number of nitrogens with zero attached hydrogens (tertiary/aromatic N) is 2. The summed E-state index contributed by atoms with van der Waals surface area (Å²) in [5, 5.41) is 4.51. The molecule has 0 spiro atoms. The lowest BCUT2D eigenvalue weighted by atomic mass is 9.92. The summed E-state index contributed by atoms with van der Waals surface area (Å²) in [6.45, 7) is 10.0. The Morgan fingerprint density at radius 1 is 1.28 bits per heavy atom. The molecular weight excluding hydrogens is 338 g/mol. The Bertz CT molecular complexity index is 833. The smallest absolute Gasteiger partial charge is 0.244 e. The maximum atomic E-state index is 12.9. The standard InChI is InChI=1S/C18H27N3O3S/c1-13(2)21-12-16(17(20-21)18(3,4)5)25(22,23)19-11-14-8-7-9-15(10-14)24-6/h7-10,12-13,19H,11H2,1-6H3. The zero-order valence-corrected chi connectivity index (χ0v) is 16.5. The minimum atomic E-state index is -3.68. The fourth-order valence-electron chi connectivity index (χ4n) is 2.39. The van der Waals surface area contributed by atoms with Crippen LogP contribution in [0.1, 0.15) is 51.9 Å². The summed E-state index contributed by atoms with van der Waals surface area (Å²) in [6.07, 6.45) is 1.61. The second-order valence-corrected chi connectivity index (χ2v) is 9.08. The molecule has 0 aliphatic heterocycles. The first-order chi connectivity index (χ1) is 11.5. The van der Waals surface area contributed by atoms with E-state index in [1.165, 1.54) is 0 Å². The maximum absolute atomic E-state index is 12.9. The van der Waals surface area contributed by atoms with Crippen LogP contribution >= 0.6 is 0 Å². The van der Waals surface area contributed by atoms with E-state index in [4.69, 9.17) is 4.74 Å². The summed E-state index contributed by atoms with van der Waals surface area (Å²) >= 11 is 0. The topological polar surface area (TPSA) is 73.2 Å². The van der Waals surface area contributed by atoms with Gasteiger partial charge in [-0.3, -0.25) is 4.68 Å². The van der Waals surface area contributed by atoms with E-state index in [2.05, 4.69) is 9.82 Å².